The molecule has 3 unspecified atom stereocenters. The number of thioether (sulfide) groups is 1. The molecular weight excluding hydrogens is 354 g/mol. The van der Waals surface area contributed by atoms with E-state index in [4.69, 9.17) is 25.7 Å². The van der Waals surface area contributed by atoms with Gasteiger partial charge in [-0.2, -0.15) is 0 Å². The van der Waals surface area contributed by atoms with E-state index in [2.05, 4.69) is 5.32 Å². The zero-order valence-electron chi connectivity index (χ0n) is 15.0. The number of rotatable bonds is 9. The SMILES string of the molecule is COc1ccc(C(O)c2cc(OC)ccc2NC(N)SC(N)OC)cc1. The summed E-state index contributed by atoms with van der Waals surface area (Å²) in [6.45, 7) is 0. The van der Waals surface area contributed by atoms with Crippen LogP contribution in [0.2, 0.25) is 0 Å². The van der Waals surface area contributed by atoms with E-state index in [0.29, 0.717) is 17.0 Å². The highest BCUT2D eigenvalue weighted by atomic mass is 32.2. The standard InChI is InChI=1S/C18H25N3O4S/c1-23-12-6-4-11(5-7-12)16(22)14-10-13(24-2)8-9-15(14)21-17(19)26-18(20)25-3/h4-10,16-18,21-22H,19-20H2,1-3H3. The summed E-state index contributed by atoms with van der Waals surface area (Å²) in [6, 6.07) is 12.6. The smallest absolute Gasteiger partial charge is 0.156 e. The van der Waals surface area contributed by atoms with Gasteiger partial charge in [-0.3, -0.25) is 5.73 Å². The first-order valence-electron chi connectivity index (χ1n) is 7.94. The lowest BCUT2D eigenvalue weighted by atomic mass is 9.99. The summed E-state index contributed by atoms with van der Waals surface area (Å²) in [5, 5.41) is 14.0. The Labute approximate surface area is 157 Å². The van der Waals surface area contributed by atoms with E-state index in [1.165, 1.54) is 18.9 Å². The maximum Gasteiger partial charge on any atom is 0.156 e. The van der Waals surface area contributed by atoms with Gasteiger partial charge in [0.25, 0.3) is 0 Å². The van der Waals surface area contributed by atoms with Crippen molar-refractivity contribution < 1.29 is 19.3 Å². The lowest BCUT2D eigenvalue weighted by Gasteiger charge is -2.22. The summed E-state index contributed by atoms with van der Waals surface area (Å²) in [7, 11) is 4.68. The number of benzene rings is 2. The molecule has 2 aromatic rings. The number of nitrogens with two attached hydrogens (primary N) is 2. The molecule has 2 rings (SSSR count). The van der Waals surface area contributed by atoms with Crippen LogP contribution in [0.25, 0.3) is 0 Å². The van der Waals surface area contributed by atoms with Gasteiger partial charge in [-0.05, 0) is 35.9 Å². The van der Waals surface area contributed by atoms with Crippen molar-refractivity contribution in [2.24, 2.45) is 11.5 Å². The van der Waals surface area contributed by atoms with Crippen LogP contribution in [-0.4, -0.2) is 37.5 Å². The van der Waals surface area contributed by atoms with Gasteiger partial charge in [0.2, 0.25) is 0 Å². The fourth-order valence-electron chi connectivity index (χ4n) is 2.38. The largest absolute Gasteiger partial charge is 0.497 e. The third kappa shape index (κ3) is 5.26. The molecular formula is C18H25N3O4S. The Bertz CT molecular complexity index is 699. The molecule has 0 saturated heterocycles. The number of aliphatic hydroxyl groups excluding tert-OH is 1. The minimum Gasteiger partial charge on any atom is -0.497 e. The molecule has 3 atom stereocenters. The number of aliphatic hydroxyl groups is 1. The predicted octanol–water partition coefficient (Wildman–Crippen LogP) is 2.06. The zero-order chi connectivity index (χ0) is 19.1. The quantitative estimate of drug-likeness (QED) is 0.490. The highest BCUT2D eigenvalue weighted by Crippen LogP contribution is 2.33. The average Bonchev–Trinajstić information content (AvgIpc) is 2.67. The highest BCUT2D eigenvalue weighted by molar-refractivity contribution is 8.00. The van der Waals surface area contributed by atoms with Gasteiger partial charge >= 0.3 is 0 Å². The molecule has 0 aliphatic rings. The van der Waals surface area contributed by atoms with Crippen LogP contribution in [0.15, 0.2) is 42.5 Å². The Morgan fingerprint density at radius 3 is 2.15 bits per heavy atom. The van der Waals surface area contributed by atoms with Gasteiger partial charge in [0.15, 0.2) is 5.56 Å². The maximum atomic E-state index is 10.9. The summed E-state index contributed by atoms with van der Waals surface area (Å²) in [5.74, 6) is 1.35. The fraction of sp³-hybridized carbons (Fsp3) is 0.333. The van der Waals surface area contributed by atoms with E-state index < -0.39 is 17.2 Å². The van der Waals surface area contributed by atoms with Gasteiger partial charge in [0, 0.05) is 18.4 Å². The van der Waals surface area contributed by atoms with Crippen LogP contribution in [0, 0.1) is 0 Å². The first-order valence-corrected chi connectivity index (χ1v) is 8.88. The van der Waals surface area contributed by atoms with Crippen LogP contribution in [0.4, 0.5) is 5.69 Å². The van der Waals surface area contributed by atoms with Crippen molar-refractivity contribution in [1.82, 2.24) is 0 Å². The molecule has 0 fully saturated rings. The minimum absolute atomic E-state index is 0.514. The molecule has 0 aliphatic carbocycles. The molecule has 0 aliphatic heterocycles. The number of hydrogen-bond donors (Lipinski definition) is 4. The van der Waals surface area contributed by atoms with Crippen molar-refractivity contribution in [3.05, 3.63) is 53.6 Å². The van der Waals surface area contributed by atoms with Crippen LogP contribution in [-0.2, 0) is 4.74 Å². The van der Waals surface area contributed by atoms with Crippen molar-refractivity contribution in [1.29, 1.82) is 0 Å². The van der Waals surface area contributed by atoms with Gasteiger partial charge in [0.05, 0.1) is 14.2 Å². The Morgan fingerprint density at radius 1 is 0.962 bits per heavy atom. The lowest BCUT2D eigenvalue weighted by Crippen LogP contribution is -2.32. The van der Waals surface area contributed by atoms with E-state index >= 15 is 0 Å². The highest BCUT2D eigenvalue weighted by Gasteiger charge is 2.18. The lowest BCUT2D eigenvalue weighted by molar-refractivity contribution is 0.178. The average molecular weight is 379 g/mol. The minimum atomic E-state index is -0.869. The van der Waals surface area contributed by atoms with Gasteiger partial charge in [-0.25, -0.2) is 0 Å². The monoisotopic (exact) mass is 379 g/mol. The third-order valence-electron chi connectivity index (χ3n) is 3.80. The second kappa shape index (κ2) is 9.65. The van der Waals surface area contributed by atoms with E-state index in [-0.39, 0.29) is 0 Å². The van der Waals surface area contributed by atoms with E-state index in [1.807, 2.05) is 12.1 Å². The molecule has 0 aromatic heterocycles. The second-order valence-corrected chi connectivity index (χ2v) is 6.68. The summed E-state index contributed by atoms with van der Waals surface area (Å²) in [6.07, 6.45) is -0.869. The molecule has 0 saturated carbocycles. The maximum absolute atomic E-state index is 10.9. The van der Waals surface area contributed by atoms with Gasteiger partial charge < -0.3 is 30.4 Å². The van der Waals surface area contributed by atoms with Crippen molar-refractivity contribution in [2.45, 2.75) is 17.2 Å². The molecule has 0 bridgehead atoms. The molecule has 7 nitrogen and oxygen atoms in total. The van der Waals surface area contributed by atoms with E-state index in [9.17, 15) is 5.11 Å². The molecule has 26 heavy (non-hydrogen) atoms. The Hall–Kier alpha value is -1.97. The van der Waals surface area contributed by atoms with Crippen molar-refractivity contribution in [3.63, 3.8) is 0 Å². The normalized spacial score (nSPS) is 14.4. The number of anilines is 1. The van der Waals surface area contributed by atoms with Crippen molar-refractivity contribution in [2.75, 3.05) is 26.6 Å². The van der Waals surface area contributed by atoms with Crippen molar-refractivity contribution >= 4 is 17.4 Å². The molecule has 0 amide bonds. The number of ether oxygens (including phenoxy) is 3. The number of methoxy groups -OCH3 is 3. The molecule has 0 spiro atoms. The first kappa shape index (κ1) is 20.3. The molecule has 2 aromatic carbocycles. The van der Waals surface area contributed by atoms with Crippen LogP contribution in [0.3, 0.4) is 0 Å². The molecule has 142 valence electrons. The summed E-state index contributed by atoms with van der Waals surface area (Å²) in [4.78, 5) is 0. The molecule has 0 heterocycles. The van der Waals surface area contributed by atoms with Crippen LogP contribution in [0.1, 0.15) is 17.2 Å². The third-order valence-corrected chi connectivity index (χ3v) is 4.67. The Morgan fingerprint density at radius 2 is 1.58 bits per heavy atom. The molecule has 0 radical (unpaired) electrons. The van der Waals surface area contributed by atoms with Crippen LogP contribution in [0.5, 0.6) is 11.5 Å². The summed E-state index contributed by atoms with van der Waals surface area (Å²) in [5.41, 5.74) is 12.8. The first-order chi connectivity index (χ1) is 12.5. The van der Waals surface area contributed by atoms with Gasteiger partial charge in [-0.1, -0.05) is 23.9 Å². The summed E-state index contributed by atoms with van der Waals surface area (Å²) >= 11 is 1.22. The second-order valence-electron chi connectivity index (χ2n) is 5.43. The topological polar surface area (TPSA) is 112 Å². The Kier molecular flexibility index (Phi) is 7.55. The summed E-state index contributed by atoms with van der Waals surface area (Å²) < 4.78 is 15.4. The fourth-order valence-corrected chi connectivity index (χ4v) is 2.97. The number of nitrogens with one attached hydrogen (secondary N) is 1. The molecule has 8 heteroatoms. The molecule has 6 N–H and O–H groups in total. The van der Waals surface area contributed by atoms with E-state index in [0.717, 1.165) is 11.3 Å². The van der Waals surface area contributed by atoms with Gasteiger partial charge in [0.1, 0.15) is 23.1 Å². The van der Waals surface area contributed by atoms with Crippen LogP contribution >= 0.6 is 11.8 Å². The van der Waals surface area contributed by atoms with Crippen LogP contribution < -0.4 is 26.3 Å². The van der Waals surface area contributed by atoms with Gasteiger partial charge in [-0.15, -0.1) is 0 Å². The number of hydrogen-bond acceptors (Lipinski definition) is 8. The van der Waals surface area contributed by atoms with Crippen molar-refractivity contribution in [3.8, 4) is 11.5 Å². The zero-order valence-corrected chi connectivity index (χ0v) is 15.8. The Balaban J connectivity index is 2.28. The predicted molar refractivity (Wildman–Crippen MR) is 104 cm³/mol. The van der Waals surface area contributed by atoms with E-state index in [1.54, 1.807) is 44.6 Å².